The molecule has 2 rings (SSSR count). The van der Waals surface area contributed by atoms with Gasteiger partial charge in [-0.1, -0.05) is 20.8 Å². The molecule has 1 heterocycles. The number of ether oxygens (including phenoxy) is 1. The van der Waals surface area contributed by atoms with Gasteiger partial charge in [-0.05, 0) is 60.1 Å². The highest BCUT2D eigenvalue weighted by Crippen LogP contribution is 2.41. The smallest absolute Gasteiger partial charge is 0.162 e. The standard InChI is InChI=1S/C15H24IN3O/c1-9(2)12-11(16)13(17)19-14(18-12)15(20-4)7-5-10(3)6-8-15/h9-10H,5-8H2,1-4H3,(H2,17,18,19). The fraction of sp³-hybridized carbons (Fsp3) is 0.733. The highest BCUT2D eigenvalue weighted by atomic mass is 127. The van der Waals surface area contributed by atoms with E-state index in [1.54, 1.807) is 7.11 Å². The first-order chi connectivity index (χ1) is 9.39. The van der Waals surface area contributed by atoms with Crippen molar-refractivity contribution in [2.75, 3.05) is 12.8 Å². The van der Waals surface area contributed by atoms with Crippen LogP contribution in [-0.2, 0) is 10.3 Å². The summed E-state index contributed by atoms with van der Waals surface area (Å²) in [6.45, 7) is 6.56. The lowest BCUT2D eigenvalue weighted by atomic mass is 9.79. The molecule has 0 aliphatic heterocycles. The predicted octanol–water partition coefficient (Wildman–Crippen LogP) is 3.84. The summed E-state index contributed by atoms with van der Waals surface area (Å²) < 4.78 is 6.83. The van der Waals surface area contributed by atoms with E-state index >= 15 is 0 Å². The van der Waals surface area contributed by atoms with E-state index in [0.29, 0.717) is 11.7 Å². The molecule has 5 heteroatoms. The molecule has 0 amide bonds. The van der Waals surface area contributed by atoms with E-state index in [0.717, 1.165) is 46.7 Å². The average Bonchev–Trinajstić information content (AvgIpc) is 2.42. The number of nitrogen functional groups attached to an aromatic ring is 1. The van der Waals surface area contributed by atoms with Crippen molar-refractivity contribution < 1.29 is 4.74 Å². The van der Waals surface area contributed by atoms with Crippen LogP contribution in [0.3, 0.4) is 0 Å². The number of hydrogen-bond donors (Lipinski definition) is 1. The SMILES string of the molecule is COC1(c2nc(N)c(I)c(C(C)C)n2)CCC(C)CC1. The zero-order valence-electron chi connectivity index (χ0n) is 12.7. The Kier molecular flexibility index (Phi) is 4.89. The van der Waals surface area contributed by atoms with Gasteiger partial charge in [-0.3, -0.25) is 0 Å². The van der Waals surface area contributed by atoms with Gasteiger partial charge in [0.05, 0.1) is 9.26 Å². The second kappa shape index (κ2) is 6.13. The van der Waals surface area contributed by atoms with Crippen LogP contribution < -0.4 is 5.73 Å². The number of methoxy groups -OCH3 is 1. The monoisotopic (exact) mass is 389 g/mol. The van der Waals surface area contributed by atoms with Crippen molar-refractivity contribution in [3.05, 3.63) is 15.1 Å². The molecule has 112 valence electrons. The molecule has 1 aromatic heterocycles. The van der Waals surface area contributed by atoms with Gasteiger partial charge in [-0.2, -0.15) is 0 Å². The maximum atomic E-state index is 6.09. The van der Waals surface area contributed by atoms with Gasteiger partial charge in [0.1, 0.15) is 11.4 Å². The van der Waals surface area contributed by atoms with Crippen LogP contribution in [0.5, 0.6) is 0 Å². The predicted molar refractivity (Wildman–Crippen MR) is 89.6 cm³/mol. The summed E-state index contributed by atoms with van der Waals surface area (Å²) in [5.41, 5.74) is 6.77. The van der Waals surface area contributed by atoms with E-state index in [1.807, 2.05) is 0 Å². The number of aromatic nitrogens is 2. The van der Waals surface area contributed by atoms with Gasteiger partial charge in [0.2, 0.25) is 0 Å². The Morgan fingerprint density at radius 1 is 1.30 bits per heavy atom. The fourth-order valence-corrected chi connectivity index (χ4v) is 3.68. The summed E-state index contributed by atoms with van der Waals surface area (Å²) in [6, 6.07) is 0. The number of nitrogens with zero attached hydrogens (tertiary/aromatic N) is 2. The lowest BCUT2D eigenvalue weighted by Gasteiger charge is -2.37. The van der Waals surface area contributed by atoms with Gasteiger partial charge in [-0.15, -0.1) is 0 Å². The maximum Gasteiger partial charge on any atom is 0.162 e. The first-order valence-electron chi connectivity index (χ1n) is 7.28. The summed E-state index contributed by atoms with van der Waals surface area (Å²) >= 11 is 2.24. The molecule has 4 nitrogen and oxygen atoms in total. The van der Waals surface area contributed by atoms with Crippen molar-refractivity contribution in [1.82, 2.24) is 9.97 Å². The van der Waals surface area contributed by atoms with E-state index < -0.39 is 0 Å². The first-order valence-corrected chi connectivity index (χ1v) is 8.36. The van der Waals surface area contributed by atoms with Crippen molar-refractivity contribution in [2.24, 2.45) is 5.92 Å². The molecule has 0 unspecified atom stereocenters. The third kappa shape index (κ3) is 2.93. The summed E-state index contributed by atoms with van der Waals surface area (Å²) in [5, 5.41) is 0. The van der Waals surface area contributed by atoms with E-state index in [1.165, 1.54) is 0 Å². The molecule has 1 aliphatic carbocycles. The lowest BCUT2D eigenvalue weighted by Crippen LogP contribution is -2.36. The van der Waals surface area contributed by atoms with E-state index in [-0.39, 0.29) is 5.60 Å². The number of nitrogens with two attached hydrogens (primary N) is 1. The topological polar surface area (TPSA) is 61.0 Å². The normalized spacial score (nSPS) is 27.0. The Hall–Kier alpha value is -0.430. The molecule has 0 spiro atoms. The van der Waals surface area contributed by atoms with Crippen LogP contribution in [0.25, 0.3) is 0 Å². The Morgan fingerprint density at radius 3 is 2.40 bits per heavy atom. The van der Waals surface area contributed by atoms with Crippen LogP contribution in [0.2, 0.25) is 0 Å². The number of anilines is 1. The van der Waals surface area contributed by atoms with Crippen molar-refractivity contribution in [2.45, 2.75) is 58.0 Å². The molecule has 0 aromatic carbocycles. The van der Waals surface area contributed by atoms with Crippen LogP contribution in [0.1, 0.15) is 63.9 Å². The number of rotatable bonds is 3. The summed E-state index contributed by atoms with van der Waals surface area (Å²) in [5.74, 6) is 2.44. The Labute approximate surface area is 135 Å². The molecule has 0 bridgehead atoms. The Morgan fingerprint density at radius 2 is 1.90 bits per heavy atom. The maximum absolute atomic E-state index is 6.09. The minimum Gasteiger partial charge on any atom is -0.383 e. The minimum atomic E-state index is -0.353. The quantitative estimate of drug-likeness (QED) is 0.799. The van der Waals surface area contributed by atoms with Crippen molar-refractivity contribution >= 4 is 28.4 Å². The second-order valence-electron chi connectivity index (χ2n) is 6.17. The number of hydrogen-bond acceptors (Lipinski definition) is 4. The van der Waals surface area contributed by atoms with Crippen molar-refractivity contribution in [3.63, 3.8) is 0 Å². The van der Waals surface area contributed by atoms with Gasteiger partial charge in [0.15, 0.2) is 5.82 Å². The fourth-order valence-electron chi connectivity index (χ4n) is 2.82. The lowest BCUT2D eigenvalue weighted by molar-refractivity contribution is -0.0598. The van der Waals surface area contributed by atoms with Crippen LogP contribution in [0.4, 0.5) is 5.82 Å². The molecule has 1 aliphatic rings. The molecule has 1 aromatic rings. The van der Waals surface area contributed by atoms with Crippen LogP contribution in [-0.4, -0.2) is 17.1 Å². The molecular weight excluding hydrogens is 365 g/mol. The first kappa shape index (κ1) is 15.9. The third-order valence-electron chi connectivity index (χ3n) is 4.33. The van der Waals surface area contributed by atoms with Gasteiger partial charge < -0.3 is 10.5 Å². The highest BCUT2D eigenvalue weighted by molar-refractivity contribution is 14.1. The number of halogens is 1. The molecule has 1 fully saturated rings. The second-order valence-corrected chi connectivity index (χ2v) is 7.25. The molecule has 1 saturated carbocycles. The Balaban J connectivity index is 2.45. The molecule has 0 radical (unpaired) electrons. The zero-order valence-corrected chi connectivity index (χ0v) is 14.9. The average molecular weight is 389 g/mol. The summed E-state index contributed by atoms with van der Waals surface area (Å²) in [6.07, 6.45) is 4.25. The highest BCUT2D eigenvalue weighted by Gasteiger charge is 2.39. The zero-order chi connectivity index (χ0) is 14.9. The molecular formula is C15H24IN3O. The van der Waals surface area contributed by atoms with Crippen molar-refractivity contribution in [1.29, 1.82) is 0 Å². The van der Waals surface area contributed by atoms with Crippen molar-refractivity contribution in [3.8, 4) is 0 Å². The van der Waals surface area contributed by atoms with Crippen LogP contribution >= 0.6 is 22.6 Å². The molecule has 2 N–H and O–H groups in total. The van der Waals surface area contributed by atoms with Crippen LogP contribution in [0.15, 0.2) is 0 Å². The van der Waals surface area contributed by atoms with E-state index in [9.17, 15) is 0 Å². The third-order valence-corrected chi connectivity index (χ3v) is 5.43. The molecule has 0 atom stereocenters. The largest absolute Gasteiger partial charge is 0.383 e. The van der Waals surface area contributed by atoms with Crippen LogP contribution in [0, 0.1) is 9.49 Å². The minimum absolute atomic E-state index is 0.336. The molecule has 0 saturated heterocycles. The van der Waals surface area contributed by atoms with Gasteiger partial charge in [0, 0.05) is 7.11 Å². The Bertz CT molecular complexity index is 482. The summed E-state index contributed by atoms with van der Waals surface area (Å²) in [4.78, 5) is 9.34. The van der Waals surface area contributed by atoms with E-state index in [2.05, 4.69) is 48.3 Å². The molecule has 20 heavy (non-hydrogen) atoms. The van der Waals surface area contributed by atoms with Gasteiger partial charge in [-0.25, -0.2) is 9.97 Å². The van der Waals surface area contributed by atoms with Gasteiger partial charge >= 0.3 is 0 Å². The summed E-state index contributed by atoms with van der Waals surface area (Å²) in [7, 11) is 1.77. The van der Waals surface area contributed by atoms with E-state index in [4.69, 9.17) is 15.5 Å². The van der Waals surface area contributed by atoms with Gasteiger partial charge in [0.25, 0.3) is 0 Å².